The summed E-state index contributed by atoms with van der Waals surface area (Å²) in [5.41, 5.74) is 11.2. The lowest BCUT2D eigenvalue weighted by Crippen LogP contribution is -2.32. The van der Waals surface area contributed by atoms with E-state index in [9.17, 15) is 4.79 Å². The highest BCUT2D eigenvalue weighted by molar-refractivity contribution is 6.06. The molecule has 0 spiro atoms. The summed E-state index contributed by atoms with van der Waals surface area (Å²) in [5.74, 6) is 0.258. The minimum Gasteiger partial charge on any atom is -0.342 e. The maximum Gasteiger partial charge on any atom is 0.254 e. The van der Waals surface area contributed by atoms with Crippen LogP contribution in [-0.4, -0.2) is 45.2 Å². The zero-order valence-corrected chi connectivity index (χ0v) is 22.2. The Labute approximate surface area is 209 Å². The fourth-order valence-corrected chi connectivity index (χ4v) is 4.84. The van der Waals surface area contributed by atoms with Crippen LogP contribution >= 0.6 is 0 Å². The van der Waals surface area contributed by atoms with Gasteiger partial charge in [0.15, 0.2) is 5.65 Å². The Balaban J connectivity index is 1.46. The first-order valence-electron chi connectivity index (χ1n) is 12.8. The summed E-state index contributed by atoms with van der Waals surface area (Å²) >= 11 is 0. The number of amides is 1. The maximum atomic E-state index is 13.6. The van der Waals surface area contributed by atoms with E-state index in [1.54, 1.807) is 0 Å². The van der Waals surface area contributed by atoms with Crippen LogP contribution in [0.5, 0.6) is 0 Å². The summed E-state index contributed by atoms with van der Waals surface area (Å²) in [4.78, 5) is 20.4. The molecule has 1 saturated heterocycles. The molecule has 7 nitrogen and oxygen atoms in total. The molecule has 35 heavy (non-hydrogen) atoms. The third-order valence-electron chi connectivity index (χ3n) is 6.87. The molecule has 1 aliphatic rings. The molecule has 0 saturated carbocycles. The van der Waals surface area contributed by atoms with Crippen molar-refractivity contribution in [2.45, 2.75) is 84.3 Å². The summed E-state index contributed by atoms with van der Waals surface area (Å²) in [5, 5.41) is 5.65. The number of hydrogen-bond donors (Lipinski definition) is 2. The van der Waals surface area contributed by atoms with E-state index in [0.717, 1.165) is 41.7 Å². The van der Waals surface area contributed by atoms with Gasteiger partial charge in [0.2, 0.25) is 0 Å². The highest BCUT2D eigenvalue weighted by Gasteiger charge is 2.27. The lowest BCUT2D eigenvalue weighted by Gasteiger charge is -2.22. The van der Waals surface area contributed by atoms with E-state index in [1.165, 1.54) is 5.56 Å². The highest BCUT2D eigenvalue weighted by atomic mass is 16.2. The Kier molecular flexibility index (Phi) is 7.29. The molecular formula is C28H40N6O. The molecule has 3 heterocycles. The molecule has 0 radical (unpaired) electrons. The standard InChI is InChI=1S/C28H40N6O/c1-18(2)23-17-22(25-19(3)32-34(26(25)29-23)28(4,5)6)27(35)33(7)15-11-14-21-16-24(31-30-21)20-12-9-8-10-13-20/h8-10,12-13,17-18,21,24,30-31H,11,14-16H2,1-7H3. The second-order valence-corrected chi connectivity index (χ2v) is 11.2. The highest BCUT2D eigenvalue weighted by Crippen LogP contribution is 2.30. The van der Waals surface area contributed by atoms with Crippen molar-refractivity contribution in [3.05, 3.63) is 58.9 Å². The van der Waals surface area contributed by atoms with E-state index in [4.69, 9.17) is 10.1 Å². The summed E-state index contributed by atoms with van der Waals surface area (Å²) in [6.45, 7) is 13.3. The SMILES string of the molecule is Cc1nn(C(C)(C)C)c2nc(C(C)C)cc(C(=O)N(C)CCCC3CC(c4ccccc4)NN3)c12. The Hall–Kier alpha value is -2.77. The van der Waals surface area contributed by atoms with E-state index in [-0.39, 0.29) is 17.4 Å². The second kappa shape index (κ2) is 10.1. The zero-order valence-electron chi connectivity index (χ0n) is 22.2. The summed E-state index contributed by atoms with van der Waals surface area (Å²) in [6.07, 6.45) is 3.00. The molecule has 188 valence electrons. The number of pyridine rings is 1. The van der Waals surface area contributed by atoms with Crippen LogP contribution in [0.4, 0.5) is 0 Å². The Morgan fingerprint density at radius 2 is 1.91 bits per heavy atom. The van der Waals surface area contributed by atoms with Gasteiger partial charge in [-0.1, -0.05) is 44.2 Å². The number of hydrazine groups is 1. The van der Waals surface area contributed by atoms with Crippen molar-refractivity contribution >= 4 is 16.9 Å². The van der Waals surface area contributed by atoms with E-state index < -0.39 is 0 Å². The largest absolute Gasteiger partial charge is 0.342 e. The number of nitrogens with zero attached hydrogens (tertiary/aromatic N) is 4. The molecule has 0 bridgehead atoms. The van der Waals surface area contributed by atoms with Crippen LogP contribution in [0.25, 0.3) is 11.0 Å². The molecule has 7 heteroatoms. The molecule has 1 amide bonds. The van der Waals surface area contributed by atoms with Crippen LogP contribution in [-0.2, 0) is 5.54 Å². The lowest BCUT2D eigenvalue weighted by atomic mass is 9.99. The molecule has 1 aromatic carbocycles. The van der Waals surface area contributed by atoms with Crippen molar-refractivity contribution in [3.8, 4) is 0 Å². The minimum atomic E-state index is -0.221. The second-order valence-electron chi connectivity index (χ2n) is 11.2. The van der Waals surface area contributed by atoms with E-state index >= 15 is 0 Å². The number of aryl methyl sites for hydroxylation is 1. The normalized spacial score (nSPS) is 18.5. The van der Waals surface area contributed by atoms with Crippen molar-refractivity contribution in [2.24, 2.45) is 0 Å². The molecular weight excluding hydrogens is 436 g/mol. The third kappa shape index (κ3) is 5.41. The first-order chi connectivity index (χ1) is 16.6. The summed E-state index contributed by atoms with van der Waals surface area (Å²) < 4.78 is 1.96. The molecule has 2 N–H and O–H groups in total. The number of rotatable bonds is 7. The van der Waals surface area contributed by atoms with Gasteiger partial charge < -0.3 is 4.90 Å². The number of nitrogens with one attached hydrogen (secondary N) is 2. The van der Waals surface area contributed by atoms with Gasteiger partial charge in [0.05, 0.1) is 22.2 Å². The molecule has 0 aliphatic carbocycles. The predicted molar refractivity (Wildman–Crippen MR) is 141 cm³/mol. The van der Waals surface area contributed by atoms with Gasteiger partial charge in [-0.05, 0) is 64.5 Å². The number of aromatic nitrogens is 3. The average molecular weight is 477 g/mol. The average Bonchev–Trinajstić information content (AvgIpc) is 3.43. The molecule has 2 atom stereocenters. The van der Waals surface area contributed by atoms with Gasteiger partial charge >= 0.3 is 0 Å². The first kappa shape index (κ1) is 25.3. The third-order valence-corrected chi connectivity index (χ3v) is 6.87. The van der Waals surface area contributed by atoms with E-state index in [2.05, 4.69) is 69.7 Å². The maximum absolute atomic E-state index is 13.6. The van der Waals surface area contributed by atoms with Crippen LogP contribution in [0.15, 0.2) is 36.4 Å². The first-order valence-corrected chi connectivity index (χ1v) is 12.8. The zero-order chi connectivity index (χ0) is 25.3. The lowest BCUT2D eigenvalue weighted by molar-refractivity contribution is 0.0793. The van der Waals surface area contributed by atoms with Gasteiger partial charge in [0, 0.05) is 31.4 Å². The molecule has 2 aromatic heterocycles. The van der Waals surface area contributed by atoms with Gasteiger partial charge in [-0.2, -0.15) is 5.10 Å². The molecule has 1 fully saturated rings. The van der Waals surface area contributed by atoms with Crippen molar-refractivity contribution in [1.82, 2.24) is 30.5 Å². The predicted octanol–water partition coefficient (Wildman–Crippen LogP) is 5.08. The fourth-order valence-electron chi connectivity index (χ4n) is 4.84. The van der Waals surface area contributed by atoms with E-state index in [0.29, 0.717) is 24.2 Å². The number of hydrogen-bond acceptors (Lipinski definition) is 5. The molecule has 4 rings (SSSR count). The molecule has 2 unspecified atom stereocenters. The number of fused-ring (bicyclic) bond motifs is 1. The van der Waals surface area contributed by atoms with Crippen LogP contribution < -0.4 is 10.9 Å². The van der Waals surface area contributed by atoms with Gasteiger partial charge in [0.1, 0.15) is 0 Å². The smallest absolute Gasteiger partial charge is 0.254 e. The number of carbonyl (C=O) groups is 1. The van der Waals surface area contributed by atoms with Crippen LogP contribution in [0.2, 0.25) is 0 Å². The quantitative estimate of drug-likeness (QED) is 0.497. The van der Waals surface area contributed by atoms with Crippen molar-refractivity contribution < 1.29 is 4.79 Å². The van der Waals surface area contributed by atoms with Gasteiger partial charge in [0.25, 0.3) is 5.91 Å². The Morgan fingerprint density at radius 3 is 2.57 bits per heavy atom. The van der Waals surface area contributed by atoms with Crippen LogP contribution in [0.3, 0.4) is 0 Å². The monoisotopic (exact) mass is 476 g/mol. The number of benzene rings is 1. The van der Waals surface area contributed by atoms with Crippen molar-refractivity contribution in [1.29, 1.82) is 0 Å². The Morgan fingerprint density at radius 1 is 1.20 bits per heavy atom. The van der Waals surface area contributed by atoms with Gasteiger partial charge in [-0.3, -0.25) is 15.6 Å². The van der Waals surface area contributed by atoms with Crippen LogP contribution in [0, 0.1) is 6.92 Å². The summed E-state index contributed by atoms with van der Waals surface area (Å²) in [7, 11) is 1.90. The molecule has 3 aromatic rings. The van der Waals surface area contributed by atoms with Crippen LogP contribution in [0.1, 0.15) is 93.2 Å². The van der Waals surface area contributed by atoms with Gasteiger partial charge in [-0.15, -0.1) is 0 Å². The minimum absolute atomic E-state index is 0.0375. The number of carbonyl (C=O) groups excluding carboxylic acids is 1. The van der Waals surface area contributed by atoms with Gasteiger partial charge in [-0.25, -0.2) is 9.67 Å². The molecule has 1 aliphatic heterocycles. The van der Waals surface area contributed by atoms with Crippen molar-refractivity contribution in [2.75, 3.05) is 13.6 Å². The Bertz CT molecular complexity index is 1180. The van der Waals surface area contributed by atoms with Crippen molar-refractivity contribution in [3.63, 3.8) is 0 Å². The van der Waals surface area contributed by atoms with E-state index in [1.807, 2.05) is 35.7 Å². The fraction of sp³-hybridized carbons (Fsp3) is 0.536. The topological polar surface area (TPSA) is 75.1 Å². The summed E-state index contributed by atoms with van der Waals surface area (Å²) in [6, 6.07) is 13.3.